The maximum absolute atomic E-state index is 12.9. The van der Waals surface area contributed by atoms with E-state index in [4.69, 9.17) is 0 Å². The lowest BCUT2D eigenvalue weighted by atomic mass is 9.96. The molecule has 0 aliphatic carbocycles. The van der Waals surface area contributed by atoms with Gasteiger partial charge in [-0.1, -0.05) is 60.7 Å². The van der Waals surface area contributed by atoms with Crippen molar-refractivity contribution in [3.05, 3.63) is 95.6 Å². The molecule has 0 spiro atoms. The number of hydrogen-bond donors (Lipinski definition) is 3. The van der Waals surface area contributed by atoms with E-state index in [0.717, 1.165) is 5.39 Å². The summed E-state index contributed by atoms with van der Waals surface area (Å²) < 4.78 is 0. The first-order valence-corrected chi connectivity index (χ1v) is 9.29. The second kappa shape index (κ2) is 8.08. The van der Waals surface area contributed by atoms with Crippen molar-refractivity contribution in [1.82, 2.24) is 0 Å². The van der Waals surface area contributed by atoms with Gasteiger partial charge >= 0.3 is 5.97 Å². The summed E-state index contributed by atoms with van der Waals surface area (Å²) in [7, 11) is 0. The Morgan fingerprint density at radius 1 is 0.742 bits per heavy atom. The molecular formula is C24H16N2O5. The third-order valence-electron chi connectivity index (χ3n) is 4.79. The molecule has 4 rings (SSSR count). The molecule has 0 saturated heterocycles. The van der Waals surface area contributed by atoms with Crippen LogP contribution in [-0.2, 0) is 0 Å². The molecule has 7 heteroatoms. The Hall–Kier alpha value is -4.52. The summed E-state index contributed by atoms with van der Waals surface area (Å²) in [5.74, 6) is -2.72. The van der Waals surface area contributed by atoms with Crippen LogP contribution in [0, 0.1) is 0 Å². The number of azo groups is 1. The number of carbonyl (C=O) groups is 2. The van der Waals surface area contributed by atoms with Gasteiger partial charge in [-0.05, 0) is 23.6 Å². The van der Waals surface area contributed by atoms with Crippen LogP contribution in [0.3, 0.4) is 0 Å². The average Bonchev–Trinajstić information content (AvgIpc) is 2.79. The first-order valence-electron chi connectivity index (χ1n) is 9.29. The highest BCUT2D eigenvalue weighted by atomic mass is 16.4. The molecule has 0 radical (unpaired) electrons. The largest absolute Gasteiger partial charge is 0.506 e. The highest BCUT2D eigenvalue weighted by molar-refractivity contribution is 6.16. The molecular weight excluding hydrogens is 396 g/mol. The van der Waals surface area contributed by atoms with Crippen molar-refractivity contribution < 1.29 is 24.9 Å². The fourth-order valence-corrected chi connectivity index (χ4v) is 3.26. The van der Waals surface area contributed by atoms with Crippen LogP contribution in [0.1, 0.15) is 26.3 Å². The van der Waals surface area contributed by atoms with Crippen LogP contribution in [0.15, 0.2) is 89.1 Å². The molecule has 152 valence electrons. The van der Waals surface area contributed by atoms with Crippen molar-refractivity contribution in [2.45, 2.75) is 0 Å². The van der Waals surface area contributed by atoms with Crippen LogP contribution in [0.4, 0.5) is 11.4 Å². The van der Waals surface area contributed by atoms with E-state index in [1.165, 1.54) is 30.3 Å². The Labute approximate surface area is 176 Å². The molecule has 0 saturated carbocycles. The van der Waals surface area contributed by atoms with Crippen molar-refractivity contribution in [3.63, 3.8) is 0 Å². The first-order chi connectivity index (χ1) is 15.0. The van der Waals surface area contributed by atoms with E-state index in [9.17, 15) is 24.9 Å². The number of phenolic OH excluding ortho intramolecular Hbond substituents is 2. The van der Waals surface area contributed by atoms with Gasteiger partial charge in [0, 0.05) is 10.9 Å². The molecule has 3 N–H and O–H groups in total. The second-order valence-electron chi connectivity index (χ2n) is 6.71. The molecule has 4 aromatic carbocycles. The number of rotatable bonds is 5. The van der Waals surface area contributed by atoms with Crippen LogP contribution in [0.5, 0.6) is 11.5 Å². The van der Waals surface area contributed by atoms with E-state index in [0.29, 0.717) is 5.39 Å². The highest BCUT2D eigenvalue weighted by Crippen LogP contribution is 2.39. The summed E-state index contributed by atoms with van der Waals surface area (Å²) >= 11 is 0. The zero-order valence-electron chi connectivity index (χ0n) is 16.1. The summed E-state index contributed by atoms with van der Waals surface area (Å²) in [6, 6.07) is 21.0. The minimum atomic E-state index is -1.36. The molecule has 0 amide bonds. The van der Waals surface area contributed by atoms with Crippen LogP contribution >= 0.6 is 0 Å². The molecule has 0 aliphatic heterocycles. The molecule has 4 aromatic rings. The molecule has 31 heavy (non-hydrogen) atoms. The van der Waals surface area contributed by atoms with Crippen molar-refractivity contribution in [2.24, 2.45) is 10.2 Å². The molecule has 0 aliphatic rings. The van der Waals surface area contributed by atoms with Crippen LogP contribution in [0.25, 0.3) is 10.8 Å². The van der Waals surface area contributed by atoms with Crippen LogP contribution < -0.4 is 0 Å². The van der Waals surface area contributed by atoms with E-state index < -0.39 is 17.5 Å². The van der Waals surface area contributed by atoms with E-state index in [1.807, 2.05) is 12.1 Å². The smallest absolute Gasteiger partial charge is 0.336 e. The predicted molar refractivity (Wildman–Crippen MR) is 115 cm³/mol. The fourth-order valence-electron chi connectivity index (χ4n) is 3.26. The number of fused-ring (bicyclic) bond motifs is 1. The lowest BCUT2D eigenvalue weighted by Gasteiger charge is -2.10. The number of carboxylic acid groups (broad SMARTS) is 1. The Bertz CT molecular complexity index is 1350. The third-order valence-corrected chi connectivity index (χ3v) is 4.79. The van der Waals surface area contributed by atoms with Crippen molar-refractivity contribution in [2.75, 3.05) is 0 Å². The molecule has 0 unspecified atom stereocenters. The first kappa shape index (κ1) is 19.8. The number of carboxylic acids is 1. The topological polar surface area (TPSA) is 120 Å². The van der Waals surface area contributed by atoms with Crippen molar-refractivity contribution >= 4 is 33.9 Å². The number of ketones is 1. The molecule has 0 bridgehead atoms. The Balaban J connectivity index is 1.83. The van der Waals surface area contributed by atoms with Gasteiger partial charge in [0.05, 0.1) is 11.1 Å². The van der Waals surface area contributed by atoms with Crippen molar-refractivity contribution in [3.8, 4) is 11.5 Å². The zero-order valence-corrected chi connectivity index (χ0v) is 16.1. The number of hydrogen-bond acceptors (Lipinski definition) is 6. The predicted octanol–water partition coefficient (Wildman–Crippen LogP) is 5.60. The maximum Gasteiger partial charge on any atom is 0.336 e. The van der Waals surface area contributed by atoms with Gasteiger partial charge in [-0.2, -0.15) is 0 Å². The summed E-state index contributed by atoms with van der Waals surface area (Å²) in [4.78, 5) is 24.6. The monoisotopic (exact) mass is 412 g/mol. The standard InChI is InChI=1S/C24H16N2O5/c27-19-13-10-14-6-4-5-9-16(14)21(19)26-25-18-12-11-17(24(30)31)20(23(18)29)22(28)15-7-2-1-3-8-15/h1-13,27,29H,(H,30,31). The van der Waals surface area contributed by atoms with Crippen molar-refractivity contribution in [1.29, 1.82) is 0 Å². The SMILES string of the molecule is O=C(O)c1ccc(N=Nc2c(O)ccc3ccccc23)c(O)c1C(=O)c1ccccc1. The summed E-state index contributed by atoms with van der Waals surface area (Å²) in [5.41, 5.74) is -0.413. The maximum atomic E-state index is 12.9. The second-order valence-corrected chi connectivity index (χ2v) is 6.71. The quantitative estimate of drug-likeness (QED) is 0.291. The van der Waals surface area contributed by atoms with E-state index in [2.05, 4.69) is 10.2 Å². The molecule has 7 nitrogen and oxygen atoms in total. The molecule has 0 fully saturated rings. The average molecular weight is 412 g/mol. The number of nitrogens with zero attached hydrogens (tertiary/aromatic N) is 2. The Morgan fingerprint density at radius 2 is 1.45 bits per heavy atom. The van der Waals surface area contributed by atoms with Crippen LogP contribution in [-0.4, -0.2) is 27.1 Å². The summed E-state index contributed by atoms with van der Waals surface area (Å²) in [6.07, 6.45) is 0. The minimum absolute atomic E-state index is 0.100. The van der Waals surface area contributed by atoms with E-state index in [-0.39, 0.29) is 33.8 Å². The van der Waals surface area contributed by atoms with Gasteiger partial charge < -0.3 is 15.3 Å². The number of benzene rings is 4. The van der Waals surface area contributed by atoms with E-state index >= 15 is 0 Å². The van der Waals surface area contributed by atoms with Gasteiger partial charge in [0.15, 0.2) is 11.5 Å². The number of carbonyl (C=O) groups excluding carboxylic acids is 1. The molecule has 0 aromatic heterocycles. The number of phenols is 2. The normalized spacial score (nSPS) is 11.1. The van der Waals surface area contributed by atoms with E-state index in [1.54, 1.807) is 36.4 Å². The van der Waals surface area contributed by atoms with Gasteiger partial charge in [-0.25, -0.2) is 4.79 Å². The van der Waals surface area contributed by atoms with Crippen LogP contribution in [0.2, 0.25) is 0 Å². The van der Waals surface area contributed by atoms with Gasteiger partial charge in [0.1, 0.15) is 17.1 Å². The summed E-state index contributed by atoms with van der Waals surface area (Å²) in [5, 5.41) is 40.0. The van der Waals surface area contributed by atoms with Gasteiger partial charge in [0.2, 0.25) is 0 Å². The Kier molecular flexibility index (Phi) is 5.15. The third kappa shape index (κ3) is 3.72. The fraction of sp³-hybridized carbons (Fsp3) is 0. The van der Waals surface area contributed by atoms with Gasteiger partial charge in [-0.15, -0.1) is 10.2 Å². The van der Waals surface area contributed by atoms with Gasteiger partial charge in [-0.3, -0.25) is 4.79 Å². The highest BCUT2D eigenvalue weighted by Gasteiger charge is 2.24. The molecule has 0 heterocycles. The zero-order chi connectivity index (χ0) is 22.0. The van der Waals surface area contributed by atoms with Gasteiger partial charge in [0.25, 0.3) is 0 Å². The lowest BCUT2D eigenvalue weighted by Crippen LogP contribution is -2.10. The lowest BCUT2D eigenvalue weighted by molar-refractivity contribution is 0.0692. The molecule has 0 atom stereocenters. The number of aromatic carboxylic acids is 1. The number of aromatic hydroxyl groups is 2. The summed E-state index contributed by atoms with van der Waals surface area (Å²) in [6.45, 7) is 0. The Morgan fingerprint density at radius 3 is 2.19 bits per heavy atom. The minimum Gasteiger partial charge on any atom is -0.506 e.